The van der Waals surface area contributed by atoms with Crippen molar-refractivity contribution in [1.29, 1.82) is 0 Å². The second-order valence-electron chi connectivity index (χ2n) is 3.37. The lowest BCUT2D eigenvalue weighted by molar-refractivity contribution is -0.136. The van der Waals surface area contributed by atoms with E-state index in [9.17, 15) is 13.2 Å². The Morgan fingerprint density at radius 1 is 1.40 bits per heavy atom. The molecule has 1 unspecified atom stereocenters. The molecule has 0 aliphatic rings. The lowest BCUT2D eigenvalue weighted by Crippen LogP contribution is -2.41. The lowest BCUT2D eigenvalue weighted by atomic mass is 10.3. The number of hydrogen-bond donors (Lipinski definition) is 1. The first-order valence-corrected chi connectivity index (χ1v) is 6.60. The first-order valence-electron chi connectivity index (χ1n) is 5.09. The average Bonchev–Trinajstić information content (AvgIpc) is 2.17. The van der Waals surface area contributed by atoms with Gasteiger partial charge in [-0.25, -0.2) is 12.7 Å². The summed E-state index contributed by atoms with van der Waals surface area (Å²) in [4.78, 5) is 10.6. The highest BCUT2D eigenvalue weighted by Gasteiger charge is 2.32. The normalized spacial score (nSPS) is 14.1. The van der Waals surface area contributed by atoms with Gasteiger partial charge < -0.3 is 5.11 Å². The number of aliphatic carboxylic acids is 1. The standard InChI is InChI=1S/C9H19NO4S/c1-4-6-7-10(5-2)15(13,14)8(3)9(11)12/h8H,4-7H2,1-3H3,(H,11,12). The van der Waals surface area contributed by atoms with Gasteiger partial charge in [-0.15, -0.1) is 0 Å². The van der Waals surface area contributed by atoms with Crippen molar-refractivity contribution in [3.05, 3.63) is 0 Å². The van der Waals surface area contributed by atoms with Gasteiger partial charge in [0, 0.05) is 13.1 Å². The summed E-state index contributed by atoms with van der Waals surface area (Å²) in [5.74, 6) is -1.30. The van der Waals surface area contributed by atoms with Crippen LogP contribution in [0.15, 0.2) is 0 Å². The number of sulfonamides is 1. The molecule has 0 heterocycles. The molecule has 1 N–H and O–H groups in total. The highest BCUT2D eigenvalue weighted by Crippen LogP contribution is 2.10. The minimum Gasteiger partial charge on any atom is -0.480 e. The Bertz CT molecular complexity index is 299. The van der Waals surface area contributed by atoms with Gasteiger partial charge in [-0.1, -0.05) is 20.3 Å². The van der Waals surface area contributed by atoms with E-state index in [4.69, 9.17) is 5.11 Å². The van der Waals surface area contributed by atoms with E-state index < -0.39 is 21.2 Å². The molecule has 5 nitrogen and oxygen atoms in total. The molecule has 0 radical (unpaired) electrons. The predicted molar refractivity (Wildman–Crippen MR) is 58.2 cm³/mol. The second kappa shape index (κ2) is 6.07. The maximum Gasteiger partial charge on any atom is 0.323 e. The smallest absolute Gasteiger partial charge is 0.323 e. The van der Waals surface area contributed by atoms with Crippen molar-refractivity contribution in [2.24, 2.45) is 0 Å². The van der Waals surface area contributed by atoms with Gasteiger partial charge in [0.2, 0.25) is 10.0 Å². The molecule has 1 atom stereocenters. The van der Waals surface area contributed by atoms with Crippen LogP contribution in [0.5, 0.6) is 0 Å². The summed E-state index contributed by atoms with van der Waals surface area (Å²) < 4.78 is 24.7. The molecule has 0 aliphatic heterocycles. The fourth-order valence-corrected chi connectivity index (χ4v) is 2.60. The summed E-state index contributed by atoms with van der Waals surface area (Å²) in [7, 11) is -3.69. The molecule has 0 saturated heterocycles. The average molecular weight is 237 g/mol. The number of hydrogen-bond acceptors (Lipinski definition) is 3. The van der Waals surface area contributed by atoms with Crippen LogP contribution in [0.2, 0.25) is 0 Å². The van der Waals surface area contributed by atoms with Crippen molar-refractivity contribution in [2.45, 2.75) is 38.9 Å². The van der Waals surface area contributed by atoms with E-state index in [0.717, 1.165) is 12.8 Å². The van der Waals surface area contributed by atoms with Crippen molar-refractivity contribution in [1.82, 2.24) is 4.31 Å². The number of carboxylic acids is 1. The van der Waals surface area contributed by atoms with E-state index in [-0.39, 0.29) is 0 Å². The van der Waals surface area contributed by atoms with Crippen LogP contribution in [-0.2, 0) is 14.8 Å². The molecule has 0 aromatic heterocycles. The predicted octanol–water partition coefficient (Wildman–Crippen LogP) is 0.911. The van der Waals surface area contributed by atoms with Gasteiger partial charge in [-0.2, -0.15) is 0 Å². The molecule has 0 aliphatic carbocycles. The number of nitrogens with zero attached hydrogens (tertiary/aromatic N) is 1. The monoisotopic (exact) mass is 237 g/mol. The molecule has 0 rings (SSSR count). The van der Waals surface area contributed by atoms with E-state index >= 15 is 0 Å². The minimum atomic E-state index is -3.69. The molecule has 15 heavy (non-hydrogen) atoms. The third kappa shape index (κ3) is 3.79. The number of carbonyl (C=O) groups is 1. The van der Waals surface area contributed by atoms with E-state index in [2.05, 4.69) is 0 Å². The molecule has 90 valence electrons. The summed E-state index contributed by atoms with van der Waals surface area (Å²) in [5, 5.41) is 7.32. The van der Waals surface area contributed by atoms with Crippen LogP contribution in [0, 0.1) is 0 Å². The van der Waals surface area contributed by atoms with Gasteiger partial charge in [0.1, 0.15) is 0 Å². The molecular weight excluding hydrogens is 218 g/mol. The van der Waals surface area contributed by atoms with Crippen LogP contribution < -0.4 is 0 Å². The summed E-state index contributed by atoms with van der Waals surface area (Å²) in [6.07, 6.45) is 1.63. The van der Waals surface area contributed by atoms with Crippen LogP contribution >= 0.6 is 0 Å². The Kier molecular flexibility index (Phi) is 5.82. The van der Waals surface area contributed by atoms with Gasteiger partial charge in [-0.05, 0) is 13.3 Å². The second-order valence-corrected chi connectivity index (χ2v) is 5.62. The van der Waals surface area contributed by atoms with Crippen molar-refractivity contribution in [3.8, 4) is 0 Å². The number of rotatable bonds is 7. The Balaban J connectivity index is 4.73. The van der Waals surface area contributed by atoms with Crippen molar-refractivity contribution < 1.29 is 18.3 Å². The zero-order valence-electron chi connectivity index (χ0n) is 9.43. The van der Waals surface area contributed by atoms with Crippen LogP contribution in [0.1, 0.15) is 33.6 Å². The summed E-state index contributed by atoms with van der Waals surface area (Å²) in [6, 6.07) is 0. The topological polar surface area (TPSA) is 74.7 Å². The first-order chi connectivity index (χ1) is 6.87. The van der Waals surface area contributed by atoms with Gasteiger partial charge in [-0.3, -0.25) is 4.79 Å². The minimum absolute atomic E-state index is 0.319. The molecule has 0 saturated carbocycles. The largest absolute Gasteiger partial charge is 0.480 e. The molecule has 0 spiro atoms. The van der Waals surface area contributed by atoms with Gasteiger partial charge >= 0.3 is 5.97 Å². The van der Waals surface area contributed by atoms with Crippen molar-refractivity contribution >= 4 is 16.0 Å². The Hall–Kier alpha value is -0.620. The maximum atomic E-state index is 11.8. The van der Waals surface area contributed by atoms with Crippen molar-refractivity contribution in [3.63, 3.8) is 0 Å². The summed E-state index contributed by atoms with van der Waals surface area (Å²) >= 11 is 0. The maximum absolute atomic E-state index is 11.8. The van der Waals surface area contributed by atoms with E-state index in [0.29, 0.717) is 13.1 Å². The molecule has 0 fully saturated rings. The Morgan fingerprint density at radius 3 is 2.27 bits per heavy atom. The molecule has 0 aromatic rings. The number of carboxylic acid groups (broad SMARTS) is 1. The van der Waals surface area contributed by atoms with Crippen molar-refractivity contribution in [2.75, 3.05) is 13.1 Å². The molecular formula is C9H19NO4S. The van der Waals surface area contributed by atoms with Crippen LogP contribution in [0.3, 0.4) is 0 Å². The van der Waals surface area contributed by atoms with E-state index in [1.807, 2.05) is 6.92 Å². The Morgan fingerprint density at radius 2 is 1.93 bits per heavy atom. The third-order valence-corrected chi connectivity index (χ3v) is 4.52. The summed E-state index contributed by atoms with van der Waals surface area (Å²) in [6.45, 7) is 5.59. The van der Waals surface area contributed by atoms with Gasteiger partial charge in [0.25, 0.3) is 0 Å². The lowest BCUT2D eigenvalue weighted by Gasteiger charge is -2.22. The Labute approximate surface area is 91.1 Å². The van der Waals surface area contributed by atoms with Crippen LogP contribution in [0.4, 0.5) is 0 Å². The van der Waals surface area contributed by atoms with E-state index in [1.165, 1.54) is 11.2 Å². The van der Waals surface area contributed by atoms with Gasteiger partial charge in [0.15, 0.2) is 5.25 Å². The van der Waals surface area contributed by atoms with Gasteiger partial charge in [0.05, 0.1) is 0 Å². The SMILES string of the molecule is CCCCN(CC)S(=O)(=O)C(C)C(=O)O. The summed E-state index contributed by atoms with van der Waals surface area (Å²) in [5.41, 5.74) is 0. The van der Waals surface area contributed by atoms with Crippen LogP contribution in [0.25, 0.3) is 0 Å². The molecule has 0 aromatic carbocycles. The fraction of sp³-hybridized carbons (Fsp3) is 0.889. The third-order valence-electron chi connectivity index (χ3n) is 2.27. The van der Waals surface area contributed by atoms with Crippen LogP contribution in [-0.4, -0.2) is 42.1 Å². The molecule has 0 bridgehead atoms. The molecule has 6 heteroatoms. The highest BCUT2D eigenvalue weighted by atomic mass is 32.2. The van der Waals surface area contributed by atoms with E-state index in [1.54, 1.807) is 6.92 Å². The zero-order valence-corrected chi connectivity index (χ0v) is 10.2. The zero-order chi connectivity index (χ0) is 12.1. The first kappa shape index (κ1) is 14.4. The fourth-order valence-electron chi connectivity index (χ4n) is 1.15. The molecule has 0 amide bonds. The highest BCUT2D eigenvalue weighted by molar-refractivity contribution is 7.90. The number of unbranched alkanes of at least 4 members (excludes halogenated alkanes) is 1. The quantitative estimate of drug-likeness (QED) is 0.714.